The number of nitrogens with zero attached hydrogens (tertiary/aromatic N) is 2. The molecule has 0 bridgehead atoms. The Bertz CT molecular complexity index is 1470. The Labute approximate surface area is 200 Å². The Hall–Kier alpha value is -4.56. The summed E-state index contributed by atoms with van der Waals surface area (Å²) in [5.41, 5.74) is 8.37. The molecule has 0 atom stereocenters. The molecule has 1 heterocycles. The predicted molar refractivity (Wildman–Crippen MR) is 147 cm³/mol. The van der Waals surface area contributed by atoms with Crippen LogP contribution in [0, 0.1) is 0 Å². The molecule has 5 aromatic rings. The number of hydrogen-bond acceptors (Lipinski definition) is 1. The van der Waals surface area contributed by atoms with E-state index >= 15 is 0 Å². The van der Waals surface area contributed by atoms with Crippen molar-refractivity contribution in [2.24, 2.45) is 0 Å². The number of anilines is 1. The summed E-state index contributed by atoms with van der Waals surface area (Å²) in [4.78, 5) is 1.94. The molecule has 0 spiro atoms. The number of rotatable bonds is 7. The number of para-hydroxylation sites is 2. The van der Waals surface area contributed by atoms with Gasteiger partial charge in [-0.25, -0.2) is 0 Å². The second kappa shape index (κ2) is 8.76. The van der Waals surface area contributed by atoms with Gasteiger partial charge < -0.3 is 9.47 Å². The summed E-state index contributed by atoms with van der Waals surface area (Å²) >= 11 is 0. The van der Waals surface area contributed by atoms with E-state index in [1.54, 1.807) is 12.2 Å². The molecule has 0 fully saturated rings. The maximum Gasteiger partial charge on any atom is 0.0541 e. The van der Waals surface area contributed by atoms with Crippen LogP contribution in [0.4, 0.5) is 5.69 Å². The van der Waals surface area contributed by atoms with E-state index in [9.17, 15) is 0 Å². The van der Waals surface area contributed by atoms with Crippen LogP contribution in [0.3, 0.4) is 0 Å². The number of hydrogen-bond donors (Lipinski definition) is 0. The first-order valence-electron chi connectivity index (χ1n) is 11.2. The lowest BCUT2D eigenvalue weighted by Gasteiger charge is -2.25. The normalized spacial score (nSPS) is 10.8. The number of aromatic nitrogens is 1. The lowest BCUT2D eigenvalue weighted by atomic mass is 10.0. The van der Waals surface area contributed by atoms with Crippen LogP contribution in [0.15, 0.2) is 147 Å². The van der Waals surface area contributed by atoms with E-state index in [1.165, 1.54) is 21.8 Å². The highest BCUT2D eigenvalue weighted by atomic mass is 15.1. The van der Waals surface area contributed by atoms with Gasteiger partial charge in [-0.05, 0) is 59.7 Å². The molecule has 5 rings (SSSR count). The van der Waals surface area contributed by atoms with Crippen LogP contribution in [0.5, 0.6) is 0 Å². The third-order valence-electron chi connectivity index (χ3n) is 6.21. The van der Waals surface area contributed by atoms with Gasteiger partial charge in [0.05, 0.1) is 11.0 Å². The molecule has 2 heteroatoms. The highest BCUT2D eigenvalue weighted by molar-refractivity contribution is 6.09. The molecule has 0 amide bonds. The van der Waals surface area contributed by atoms with Crippen molar-refractivity contribution in [1.82, 2.24) is 4.57 Å². The second-order valence-electron chi connectivity index (χ2n) is 8.19. The van der Waals surface area contributed by atoms with Crippen molar-refractivity contribution >= 4 is 27.5 Å². The van der Waals surface area contributed by atoms with Crippen molar-refractivity contribution in [1.29, 1.82) is 0 Å². The molecule has 34 heavy (non-hydrogen) atoms. The quantitative estimate of drug-likeness (QED) is 0.231. The molecule has 4 aromatic carbocycles. The highest BCUT2D eigenvalue weighted by Crippen LogP contribution is 2.33. The summed E-state index contributed by atoms with van der Waals surface area (Å²) in [5, 5.41) is 2.54. The Morgan fingerprint density at radius 1 is 0.588 bits per heavy atom. The molecule has 2 nitrogen and oxygen atoms in total. The summed E-state index contributed by atoms with van der Waals surface area (Å²) in [7, 11) is 0. The Kier molecular flexibility index (Phi) is 5.49. The van der Waals surface area contributed by atoms with E-state index in [1.807, 2.05) is 4.90 Å². The first kappa shape index (κ1) is 21.3. The molecule has 0 saturated heterocycles. The summed E-state index contributed by atoms with van der Waals surface area (Å²) in [5.74, 6) is 0. The Morgan fingerprint density at radius 2 is 1.03 bits per heavy atom. The molecule has 0 aliphatic carbocycles. The lowest BCUT2D eigenvalue weighted by molar-refractivity contribution is 1.16. The van der Waals surface area contributed by atoms with Crippen molar-refractivity contribution in [2.45, 2.75) is 0 Å². The molecule has 0 N–H and O–H groups in total. The van der Waals surface area contributed by atoms with Crippen molar-refractivity contribution in [3.63, 3.8) is 0 Å². The fourth-order valence-electron chi connectivity index (χ4n) is 4.51. The van der Waals surface area contributed by atoms with Crippen LogP contribution in [-0.4, -0.2) is 4.57 Å². The predicted octanol–water partition coefficient (Wildman–Crippen LogP) is 8.66. The first-order valence-corrected chi connectivity index (χ1v) is 11.2. The van der Waals surface area contributed by atoms with E-state index in [0.717, 1.165) is 33.9 Å². The monoisotopic (exact) mass is 438 g/mol. The summed E-state index contributed by atoms with van der Waals surface area (Å²) in [6.45, 7) is 15.8. The van der Waals surface area contributed by atoms with E-state index in [-0.39, 0.29) is 0 Å². The zero-order valence-corrected chi connectivity index (χ0v) is 19.1. The van der Waals surface area contributed by atoms with Gasteiger partial charge in [-0.1, -0.05) is 87.0 Å². The fraction of sp³-hybridized carbons (Fsp3) is 0. The summed E-state index contributed by atoms with van der Waals surface area (Å²) in [6.07, 6.45) is 3.44. The molecule has 0 radical (unpaired) electrons. The second-order valence-corrected chi connectivity index (χ2v) is 8.19. The zero-order valence-electron chi connectivity index (χ0n) is 19.1. The largest absolute Gasteiger partial charge is 0.312 e. The average molecular weight is 439 g/mol. The minimum atomic E-state index is 0.758. The molecular formula is C32H26N2. The van der Waals surface area contributed by atoms with E-state index in [2.05, 4.69) is 128 Å². The molecule has 1 aromatic heterocycles. The number of allylic oxidation sites excluding steroid dienone is 2. The Balaban J connectivity index is 1.51. The summed E-state index contributed by atoms with van der Waals surface area (Å²) < 4.78 is 2.33. The van der Waals surface area contributed by atoms with Gasteiger partial charge in [-0.3, -0.25) is 0 Å². The molecule has 0 aliphatic rings. The molecule has 0 saturated carbocycles. The van der Waals surface area contributed by atoms with E-state index < -0.39 is 0 Å². The minimum absolute atomic E-state index is 0.758. The molecule has 164 valence electrons. The zero-order chi connectivity index (χ0) is 23.7. The van der Waals surface area contributed by atoms with Crippen LogP contribution >= 0.6 is 0 Å². The van der Waals surface area contributed by atoms with Gasteiger partial charge in [0.2, 0.25) is 0 Å². The lowest BCUT2D eigenvalue weighted by Crippen LogP contribution is -2.17. The fourth-order valence-corrected chi connectivity index (χ4v) is 4.51. The van der Waals surface area contributed by atoms with Crippen LogP contribution in [-0.2, 0) is 0 Å². The van der Waals surface area contributed by atoms with E-state index in [0.29, 0.717) is 0 Å². The van der Waals surface area contributed by atoms with Gasteiger partial charge in [0.1, 0.15) is 0 Å². The third-order valence-corrected chi connectivity index (χ3v) is 6.21. The van der Waals surface area contributed by atoms with Crippen LogP contribution < -0.4 is 4.90 Å². The average Bonchev–Trinajstić information content (AvgIpc) is 3.23. The summed E-state index contributed by atoms with van der Waals surface area (Å²) in [6, 6.07) is 34.2. The van der Waals surface area contributed by atoms with Crippen molar-refractivity contribution in [3.05, 3.63) is 147 Å². The molecular weight excluding hydrogens is 412 g/mol. The van der Waals surface area contributed by atoms with Gasteiger partial charge in [0.15, 0.2) is 0 Å². The van der Waals surface area contributed by atoms with Crippen molar-refractivity contribution in [2.75, 3.05) is 4.90 Å². The number of fused-ring (bicyclic) bond motifs is 3. The molecule has 0 unspecified atom stereocenters. The minimum Gasteiger partial charge on any atom is -0.312 e. The topological polar surface area (TPSA) is 8.17 Å². The first-order chi connectivity index (χ1) is 16.6. The highest BCUT2D eigenvalue weighted by Gasteiger charge is 2.12. The van der Waals surface area contributed by atoms with Crippen LogP contribution in [0.25, 0.3) is 38.6 Å². The van der Waals surface area contributed by atoms with Crippen molar-refractivity contribution in [3.8, 4) is 16.8 Å². The maximum absolute atomic E-state index is 4.07. The van der Waals surface area contributed by atoms with Gasteiger partial charge in [0, 0.05) is 33.5 Å². The van der Waals surface area contributed by atoms with Gasteiger partial charge in [-0.15, -0.1) is 0 Å². The molecule has 0 aliphatic heterocycles. The number of benzene rings is 4. The smallest absolute Gasteiger partial charge is 0.0541 e. The van der Waals surface area contributed by atoms with E-state index in [4.69, 9.17) is 0 Å². The van der Waals surface area contributed by atoms with Crippen LogP contribution in [0.2, 0.25) is 0 Å². The SMILES string of the molecule is C=CC(=C)N(C(=C)C=C)c1ccc(-c2ccc(-n3c4ccccc4c4ccccc43)cc2)cc1. The van der Waals surface area contributed by atoms with Gasteiger partial charge in [0.25, 0.3) is 0 Å². The maximum atomic E-state index is 4.07. The Morgan fingerprint density at radius 3 is 1.50 bits per heavy atom. The van der Waals surface area contributed by atoms with Gasteiger partial charge >= 0.3 is 0 Å². The standard InChI is InChI=1S/C32H26N2/c1-5-23(3)33(24(4)6-2)27-19-15-25(16-20-27)26-17-21-28(22-18-26)34-31-13-9-7-11-29(31)30-12-8-10-14-32(30)34/h5-22H,1-4H2. The van der Waals surface area contributed by atoms with Gasteiger partial charge in [-0.2, -0.15) is 0 Å². The third kappa shape index (κ3) is 3.56. The van der Waals surface area contributed by atoms with Crippen molar-refractivity contribution < 1.29 is 0 Å². The van der Waals surface area contributed by atoms with Crippen LogP contribution in [0.1, 0.15) is 0 Å².